The highest BCUT2D eigenvalue weighted by atomic mass is 16.5. The van der Waals surface area contributed by atoms with Gasteiger partial charge in [-0.25, -0.2) is 0 Å². The number of benzene rings is 1. The Bertz CT molecular complexity index is 433. The Morgan fingerprint density at radius 2 is 2.11 bits per heavy atom. The molecule has 98 valence electrons. The van der Waals surface area contributed by atoms with E-state index in [4.69, 9.17) is 10.00 Å². The molecule has 0 aromatic heterocycles. The molecular formula is C15H22N2O. The number of hydrogen-bond donors (Lipinski definition) is 1. The number of hydrogen-bond acceptors (Lipinski definition) is 3. The van der Waals surface area contributed by atoms with Gasteiger partial charge in [-0.3, -0.25) is 5.32 Å². The topological polar surface area (TPSA) is 45.0 Å². The molecule has 18 heavy (non-hydrogen) atoms. The van der Waals surface area contributed by atoms with E-state index in [1.165, 1.54) is 11.1 Å². The van der Waals surface area contributed by atoms with Gasteiger partial charge in [-0.05, 0) is 43.9 Å². The molecule has 1 aromatic carbocycles. The molecule has 0 fully saturated rings. The second kappa shape index (κ2) is 6.42. The van der Waals surface area contributed by atoms with Gasteiger partial charge in [-0.15, -0.1) is 0 Å². The first-order chi connectivity index (χ1) is 8.52. The Labute approximate surface area is 110 Å². The second-order valence-electron chi connectivity index (χ2n) is 4.91. The summed E-state index contributed by atoms with van der Waals surface area (Å²) in [5.74, 6) is 0.920. The fraction of sp³-hybridized carbons (Fsp3) is 0.533. The van der Waals surface area contributed by atoms with Crippen molar-refractivity contribution in [2.45, 2.75) is 39.2 Å². The van der Waals surface area contributed by atoms with Crippen molar-refractivity contribution in [3.63, 3.8) is 0 Å². The van der Waals surface area contributed by atoms with Crippen LogP contribution in [0.2, 0.25) is 0 Å². The third-order valence-corrected chi connectivity index (χ3v) is 2.99. The average molecular weight is 246 g/mol. The number of nitriles is 1. The lowest BCUT2D eigenvalue weighted by molar-refractivity contribution is 0.407. The molecule has 0 atom stereocenters. The van der Waals surface area contributed by atoms with E-state index in [1.54, 1.807) is 7.11 Å². The van der Waals surface area contributed by atoms with Crippen molar-refractivity contribution < 1.29 is 4.74 Å². The van der Waals surface area contributed by atoms with Crippen molar-refractivity contribution in [3.8, 4) is 11.8 Å². The monoisotopic (exact) mass is 246 g/mol. The van der Waals surface area contributed by atoms with Gasteiger partial charge in [0.2, 0.25) is 0 Å². The van der Waals surface area contributed by atoms with E-state index in [0.717, 1.165) is 25.1 Å². The summed E-state index contributed by atoms with van der Waals surface area (Å²) in [5, 5.41) is 12.2. The standard InChI is InChI=1S/C15H22N2O/c1-5-12-6-7-14(18-4)13(10-12)8-9-17-15(2,3)11-16/h6-7,10,17H,5,8-9H2,1-4H3. The van der Waals surface area contributed by atoms with Gasteiger partial charge in [-0.1, -0.05) is 19.1 Å². The lowest BCUT2D eigenvalue weighted by atomic mass is 10.0. The highest BCUT2D eigenvalue weighted by Gasteiger charge is 2.15. The third-order valence-electron chi connectivity index (χ3n) is 2.99. The molecule has 3 nitrogen and oxygen atoms in total. The van der Waals surface area contributed by atoms with Crippen molar-refractivity contribution in [1.82, 2.24) is 5.32 Å². The van der Waals surface area contributed by atoms with Gasteiger partial charge >= 0.3 is 0 Å². The minimum absolute atomic E-state index is 0.477. The molecule has 0 spiro atoms. The van der Waals surface area contributed by atoms with Crippen molar-refractivity contribution in [1.29, 1.82) is 5.26 Å². The Balaban J connectivity index is 2.69. The van der Waals surface area contributed by atoms with Crippen molar-refractivity contribution in [2.75, 3.05) is 13.7 Å². The summed E-state index contributed by atoms with van der Waals surface area (Å²) < 4.78 is 5.36. The molecule has 0 aliphatic heterocycles. The van der Waals surface area contributed by atoms with Crippen molar-refractivity contribution in [3.05, 3.63) is 29.3 Å². The molecule has 1 N–H and O–H groups in total. The summed E-state index contributed by atoms with van der Waals surface area (Å²) in [6.07, 6.45) is 1.89. The normalized spacial score (nSPS) is 11.1. The summed E-state index contributed by atoms with van der Waals surface area (Å²) in [4.78, 5) is 0. The van der Waals surface area contributed by atoms with Crippen LogP contribution in [0.4, 0.5) is 0 Å². The first-order valence-electron chi connectivity index (χ1n) is 6.34. The first kappa shape index (κ1) is 14.5. The molecule has 0 saturated heterocycles. The van der Waals surface area contributed by atoms with E-state index >= 15 is 0 Å². The number of ether oxygens (including phenoxy) is 1. The van der Waals surface area contributed by atoms with Crippen LogP contribution in [0.15, 0.2) is 18.2 Å². The van der Waals surface area contributed by atoms with Crippen molar-refractivity contribution in [2.24, 2.45) is 0 Å². The van der Waals surface area contributed by atoms with Crippen LogP contribution in [0.3, 0.4) is 0 Å². The van der Waals surface area contributed by atoms with Gasteiger partial charge in [0.05, 0.1) is 13.2 Å². The molecule has 3 heteroatoms. The molecule has 0 heterocycles. The zero-order valence-electron chi connectivity index (χ0n) is 11.7. The summed E-state index contributed by atoms with van der Waals surface area (Å²) in [7, 11) is 1.69. The summed E-state index contributed by atoms with van der Waals surface area (Å²) in [6.45, 7) is 6.67. The van der Waals surface area contributed by atoms with Crippen LogP contribution < -0.4 is 10.1 Å². The number of nitrogens with zero attached hydrogens (tertiary/aromatic N) is 1. The van der Waals surface area contributed by atoms with Crippen LogP contribution in [-0.2, 0) is 12.8 Å². The quantitative estimate of drug-likeness (QED) is 0.839. The van der Waals surface area contributed by atoms with Crippen LogP contribution in [-0.4, -0.2) is 19.2 Å². The first-order valence-corrected chi connectivity index (χ1v) is 6.34. The highest BCUT2D eigenvalue weighted by Crippen LogP contribution is 2.20. The average Bonchev–Trinajstić information content (AvgIpc) is 2.38. The molecule has 0 aliphatic rings. The number of methoxy groups -OCH3 is 1. The van der Waals surface area contributed by atoms with Crippen LogP contribution >= 0.6 is 0 Å². The number of nitrogens with one attached hydrogen (secondary N) is 1. The van der Waals surface area contributed by atoms with Gasteiger partial charge in [-0.2, -0.15) is 5.26 Å². The molecule has 0 unspecified atom stereocenters. The van der Waals surface area contributed by atoms with Crippen LogP contribution in [0.25, 0.3) is 0 Å². The van der Waals surface area contributed by atoms with E-state index in [9.17, 15) is 0 Å². The summed E-state index contributed by atoms with van der Waals surface area (Å²) >= 11 is 0. The van der Waals surface area contributed by atoms with Gasteiger partial charge < -0.3 is 4.74 Å². The third kappa shape index (κ3) is 4.05. The largest absolute Gasteiger partial charge is 0.496 e. The minimum atomic E-state index is -0.477. The molecule has 0 amide bonds. The summed E-state index contributed by atoms with van der Waals surface area (Å²) in [5.41, 5.74) is 2.03. The Hall–Kier alpha value is -1.53. The molecule has 0 bridgehead atoms. The maximum Gasteiger partial charge on any atom is 0.122 e. The number of aryl methyl sites for hydroxylation is 1. The Morgan fingerprint density at radius 3 is 2.67 bits per heavy atom. The predicted molar refractivity (Wildman–Crippen MR) is 73.8 cm³/mol. The lowest BCUT2D eigenvalue weighted by Crippen LogP contribution is -2.38. The predicted octanol–water partition coefficient (Wildman–Crippen LogP) is 2.69. The Kier molecular flexibility index (Phi) is 5.18. The van der Waals surface area contributed by atoms with E-state index < -0.39 is 5.54 Å². The Morgan fingerprint density at radius 1 is 1.39 bits per heavy atom. The van der Waals surface area contributed by atoms with E-state index in [1.807, 2.05) is 19.9 Å². The SMILES string of the molecule is CCc1ccc(OC)c(CCNC(C)(C)C#N)c1. The molecule has 0 radical (unpaired) electrons. The fourth-order valence-corrected chi connectivity index (χ4v) is 1.80. The lowest BCUT2D eigenvalue weighted by Gasteiger charge is -2.18. The molecule has 1 aromatic rings. The van der Waals surface area contributed by atoms with Gasteiger partial charge in [0.25, 0.3) is 0 Å². The molecule has 1 rings (SSSR count). The highest BCUT2D eigenvalue weighted by molar-refractivity contribution is 5.37. The molecule has 0 saturated carbocycles. The van der Waals surface area contributed by atoms with Crippen LogP contribution in [0.5, 0.6) is 5.75 Å². The van der Waals surface area contributed by atoms with Crippen LogP contribution in [0, 0.1) is 11.3 Å². The smallest absolute Gasteiger partial charge is 0.122 e. The van der Waals surface area contributed by atoms with E-state index in [2.05, 4.69) is 30.4 Å². The minimum Gasteiger partial charge on any atom is -0.496 e. The maximum atomic E-state index is 8.94. The van der Waals surface area contributed by atoms with Crippen LogP contribution in [0.1, 0.15) is 31.9 Å². The van der Waals surface area contributed by atoms with E-state index in [-0.39, 0.29) is 0 Å². The zero-order valence-corrected chi connectivity index (χ0v) is 11.7. The van der Waals surface area contributed by atoms with E-state index in [0.29, 0.717) is 0 Å². The second-order valence-corrected chi connectivity index (χ2v) is 4.91. The van der Waals surface area contributed by atoms with Crippen molar-refractivity contribution >= 4 is 0 Å². The van der Waals surface area contributed by atoms with Gasteiger partial charge in [0, 0.05) is 6.54 Å². The maximum absolute atomic E-state index is 8.94. The number of rotatable bonds is 6. The zero-order chi connectivity index (χ0) is 13.6. The summed E-state index contributed by atoms with van der Waals surface area (Å²) in [6, 6.07) is 8.53. The fourth-order valence-electron chi connectivity index (χ4n) is 1.80. The molecular weight excluding hydrogens is 224 g/mol. The molecule has 0 aliphatic carbocycles. The van der Waals surface area contributed by atoms with Gasteiger partial charge in [0.15, 0.2) is 0 Å². The van der Waals surface area contributed by atoms with Gasteiger partial charge in [0.1, 0.15) is 11.3 Å².